The molecule has 1 unspecified atom stereocenters. The molecule has 1 aliphatic heterocycles. The van der Waals surface area contributed by atoms with Crippen molar-refractivity contribution in [1.29, 1.82) is 0 Å². The van der Waals surface area contributed by atoms with E-state index in [0.717, 1.165) is 32.0 Å². The Hall–Kier alpha value is -2.25. The maximum absolute atomic E-state index is 11.7. The predicted octanol–water partition coefficient (Wildman–Crippen LogP) is 1.01. The van der Waals surface area contributed by atoms with Gasteiger partial charge in [0.1, 0.15) is 12.4 Å². The number of carbonyl (C=O) groups excluding carboxylic acids is 1. The van der Waals surface area contributed by atoms with E-state index in [1.165, 1.54) is 5.56 Å². The molecule has 1 aliphatic rings. The molecule has 3 heterocycles. The standard InChI is InChI=1S/C18H25N5O2/c1-21(2)18(24)14-25-13-16-10-22(9-15-4-3-5-19-8-15)12-17-20-6-7-23(17)11-16/h3-8,16H,9-14H2,1-2H3. The van der Waals surface area contributed by atoms with Gasteiger partial charge >= 0.3 is 0 Å². The molecule has 0 saturated carbocycles. The molecule has 0 saturated heterocycles. The first kappa shape index (κ1) is 17.6. The first-order valence-electron chi connectivity index (χ1n) is 8.51. The topological polar surface area (TPSA) is 63.5 Å². The van der Waals surface area contributed by atoms with E-state index in [-0.39, 0.29) is 12.5 Å². The zero-order chi connectivity index (χ0) is 17.6. The number of rotatable bonds is 6. The zero-order valence-corrected chi connectivity index (χ0v) is 14.8. The van der Waals surface area contributed by atoms with E-state index in [1.54, 1.807) is 25.2 Å². The summed E-state index contributed by atoms with van der Waals surface area (Å²) in [4.78, 5) is 24.3. The summed E-state index contributed by atoms with van der Waals surface area (Å²) in [6.07, 6.45) is 7.55. The Morgan fingerprint density at radius 2 is 2.24 bits per heavy atom. The van der Waals surface area contributed by atoms with E-state index < -0.39 is 0 Å². The van der Waals surface area contributed by atoms with Gasteiger partial charge in [-0.25, -0.2) is 4.98 Å². The largest absolute Gasteiger partial charge is 0.371 e. The minimum atomic E-state index is -0.0100. The van der Waals surface area contributed by atoms with Gasteiger partial charge in [-0.2, -0.15) is 0 Å². The number of amides is 1. The maximum Gasteiger partial charge on any atom is 0.248 e. The molecule has 0 N–H and O–H groups in total. The molecule has 1 atom stereocenters. The van der Waals surface area contributed by atoms with Gasteiger partial charge < -0.3 is 14.2 Å². The lowest BCUT2D eigenvalue weighted by molar-refractivity contribution is -0.134. The van der Waals surface area contributed by atoms with Crippen LogP contribution in [0.15, 0.2) is 36.9 Å². The van der Waals surface area contributed by atoms with Crippen molar-refractivity contribution in [3.63, 3.8) is 0 Å². The van der Waals surface area contributed by atoms with E-state index in [2.05, 4.69) is 25.5 Å². The third kappa shape index (κ3) is 4.87. The lowest BCUT2D eigenvalue weighted by atomic mass is 10.1. The van der Waals surface area contributed by atoms with Crippen LogP contribution in [0.5, 0.6) is 0 Å². The van der Waals surface area contributed by atoms with Crippen molar-refractivity contribution in [2.24, 2.45) is 5.92 Å². The van der Waals surface area contributed by atoms with Gasteiger partial charge in [-0.05, 0) is 11.6 Å². The van der Waals surface area contributed by atoms with Crippen molar-refractivity contribution < 1.29 is 9.53 Å². The molecule has 3 rings (SSSR count). The fraction of sp³-hybridized carbons (Fsp3) is 0.500. The number of likely N-dealkylation sites (N-methyl/N-ethyl adjacent to an activating group) is 1. The monoisotopic (exact) mass is 343 g/mol. The quantitative estimate of drug-likeness (QED) is 0.783. The predicted molar refractivity (Wildman–Crippen MR) is 93.6 cm³/mol. The zero-order valence-electron chi connectivity index (χ0n) is 14.8. The highest BCUT2D eigenvalue weighted by molar-refractivity contribution is 5.76. The Kier molecular flexibility index (Phi) is 5.78. The smallest absolute Gasteiger partial charge is 0.248 e. The number of carbonyl (C=O) groups is 1. The highest BCUT2D eigenvalue weighted by Gasteiger charge is 2.23. The van der Waals surface area contributed by atoms with E-state index >= 15 is 0 Å². The van der Waals surface area contributed by atoms with Crippen molar-refractivity contribution in [2.75, 3.05) is 33.9 Å². The third-order valence-corrected chi connectivity index (χ3v) is 4.34. The second-order valence-corrected chi connectivity index (χ2v) is 6.70. The van der Waals surface area contributed by atoms with Crippen LogP contribution in [0.2, 0.25) is 0 Å². The van der Waals surface area contributed by atoms with Crippen molar-refractivity contribution in [3.05, 3.63) is 48.3 Å². The molecule has 7 nitrogen and oxygen atoms in total. The molecular weight excluding hydrogens is 318 g/mol. The van der Waals surface area contributed by atoms with Crippen molar-refractivity contribution >= 4 is 5.91 Å². The van der Waals surface area contributed by atoms with Gasteiger partial charge in [-0.15, -0.1) is 0 Å². The molecule has 0 radical (unpaired) electrons. The average molecular weight is 343 g/mol. The summed E-state index contributed by atoms with van der Waals surface area (Å²) in [5.41, 5.74) is 1.19. The summed E-state index contributed by atoms with van der Waals surface area (Å²) in [5, 5.41) is 0. The second kappa shape index (κ2) is 8.22. The van der Waals surface area contributed by atoms with Crippen LogP contribution in [0.3, 0.4) is 0 Å². The highest BCUT2D eigenvalue weighted by Crippen LogP contribution is 2.18. The van der Waals surface area contributed by atoms with Crippen LogP contribution in [0.25, 0.3) is 0 Å². The second-order valence-electron chi connectivity index (χ2n) is 6.70. The molecule has 25 heavy (non-hydrogen) atoms. The number of pyridine rings is 1. The number of nitrogens with zero attached hydrogens (tertiary/aromatic N) is 5. The van der Waals surface area contributed by atoms with Gasteiger partial charge in [0.25, 0.3) is 0 Å². The molecule has 0 aromatic carbocycles. The summed E-state index contributed by atoms with van der Waals surface area (Å²) in [6.45, 7) is 4.07. The van der Waals surface area contributed by atoms with Gasteiger partial charge in [0.15, 0.2) is 0 Å². The summed E-state index contributed by atoms with van der Waals surface area (Å²) in [7, 11) is 3.48. The fourth-order valence-corrected chi connectivity index (χ4v) is 3.04. The number of hydrogen-bond acceptors (Lipinski definition) is 5. The van der Waals surface area contributed by atoms with Crippen LogP contribution in [-0.2, 0) is 29.2 Å². The summed E-state index contributed by atoms with van der Waals surface area (Å²) in [6, 6.07) is 4.05. The molecule has 134 valence electrons. The van der Waals surface area contributed by atoms with Crippen LogP contribution in [0.4, 0.5) is 0 Å². The Labute approximate surface area is 148 Å². The van der Waals surface area contributed by atoms with Gasteiger partial charge in [0, 0.05) is 64.4 Å². The van der Waals surface area contributed by atoms with Gasteiger partial charge in [-0.3, -0.25) is 14.7 Å². The fourth-order valence-electron chi connectivity index (χ4n) is 3.04. The molecule has 1 amide bonds. The Morgan fingerprint density at radius 1 is 1.36 bits per heavy atom. The number of hydrogen-bond donors (Lipinski definition) is 0. The van der Waals surface area contributed by atoms with E-state index in [9.17, 15) is 4.79 Å². The molecular formula is C18H25N5O2. The van der Waals surface area contributed by atoms with E-state index in [0.29, 0.717) is 12.5 Å². The summed E-state index contributed by atoms with van der Waals surface area (Å²) in [5.74, 6) is 1.36. The average Bonchev–Trinajstić information content (AvgIpc) is 2.95. The molecule has 7 heteroatoms. The van der Waals surface area contributed by atoms with Crippen molar-refractivity contribution in [2.45, 2.75) is 19.6 Å². The van der Waals surface area contributed by atoms with Crippen LogP contribution in [-0.4, -0.2) is 64.1 Å². The van der Waals surface area contributed by atoms with Crippen LogP contribution in [0, 0.1) is 5.92 Å². The first-order chi connectivity index (χ1) is 12.1. The number of aromatic nitrogens is 3. The van der Waals surface area contributed by atoms with E-state index in [4.69, 9.17) is 4.74 Å². The Morgan fingerprint density at radius 3 is 3.00 bits per heavy atom. The van der Waals surface area contributed by atoms with Gasteiger partial charge in [0.2, 0.25) is 5.91 Å². The van der Waals surface area contributed by atoms with Crippen molar-refractivity contribution in [1.82, 2.24) is 24.3 Å². The first-order valence-corrected chi connectivity index (χ1v) is 8.51. The van der Waals surface area contributed by atoms with E-state index in [1.807, 2.05) is 24.7 Å². The molecule has 0 spiro atoms. The SMILES string of the molecule is CN(C)C(=O)COCC1CN(Cc2cccnc2)Cc2nccn2C1. The lowest BCUT2D eigenvalue weighted by Gasteiger charge is -2.23. The molecule has 0 bridgehead atoms. The molecule has 0 fully saturated rings. The lowest BCUT2D eigenvalue weighted by Crippen LogP contribution is -2.32. The minimum Gasteiger partial charge on any atom is -0.371 e. The Balaban J connectivity index is 1.63. The minimum absolute atomic E-state index is 0.0100. The number of fused-ring (bicyclic) bond motifs is 1. The van der Waals surface area contributed by atoms with Crippen LogP contribution >= 0.6 is 0 Å². The number of ether oxygens (including phenoxy) is 1. The van der Waals surface area contributed by atoms with Crippen LogP contribution in [0.1, 0.15) is 11.4 Å². The molecule has 0 aliphatic carbocycles. The molecule has 2 aromatic heterocycles. The normalized spacial score (nSPS) is 17.8. The van der Waals surface area contributed by atoms with Gasteiger partial charge in [0.05, 0.1) is 13.2 Å². The summed E-state index contributed by atoms with van der Waals surface area (Å²) >= 11 is 0. The van der Waals surface area contributed by atoms with Gasteiger partial charge in [-0.1, -0.05) is 6.07 Å². The number of imidazole rings is 1. The third-order valence-electron chi connectivity index (χ3n) is 4.34. The van der Waals surface area contributed by atoms with Crippen LogP contribution < -0.4 is 0 Å². The summed E-state index contributed by atoms with van der Waals surface area (Å²) < 4.78 is 7.86. The van der Waals surface area contributed by atoms with Crippen molar-refractivity contribution in [3.8, 4) is 0 Å². The Bertz CT molecular complexity index is 686. The highest BCUT2D eigenvalue weighted by atomic mass is 16.5. The maximum atomic E-state index is 11.7. The molecule has 2 aromatic rings.